The fourth-order valence-electron chi connectivity index (χ4n) is 2.88. The molecule has 0 heterocycles. The van der Waals surface area contributed by atoms with Crippen molar-refractivity contribution in [3.05, 3.63) is 0 Å². The Hall–Kier alpha value is -1.59. The fourth-order valence-corrected chi connectivity index (χ4v) is 2.88. The molecule has 0 bridgehead atoms. The molecule has 1 amide bonds. The van der Waals surface area contributed by atoms with Crippen LogP contribution in [0.4, 0.5) is 0 Å². The van der Waals surface area contributed by atoms with E-state index in [-0.39, 0.29) is 0 Å². The zero-order valence-corrected chi connectivity index (χ0v) is 11.2. The average molecular weight is 257 g/mol. The van der Waals surface area contributed by atoms with Crippen molar-refractivity contribution in [2.24, 2.45) is 16.2 Å². The van der Waals surface area contributed by atoms with E-state index in [1.807, 2.05) is 0 Å². The van der Waals surface area contributed by atoms with E-state index in [4.69, 9.17) is 5.11 Å². The van der Waals surface area contributed by atoms with Gasteiger partial charge < -0.3 is 15.5 Å². The number of aliphatic carboxylic acids is 2. The first-order valence-electron chi connectivity index (χ1n) is 5.71. The number of carboxylic acid groups (broad SMARTS) is 2. The molecule has 6 nitrogen and oxygen atoms in total. The van der Waals surface area contributed by atoms with Crippen LogP contribution in [0.1, 0.15) is 34.6 Å². The largest absolute Gasteiger partial charge is 0.480 e. The van der Waals surface area contributed by atoms with Gasteiger partial charge in [0.05, 0.1) is 0 Å². The summed E-state index contributed by atoms with van der Waals surface area (Å²) >= 11 is 0. The number of amides is 1. The highest BCUT2D eigenvalue weighted by atomic mass is 16.4. The predicted octanol–water partition coefficient (Wildman–Crippen LogP) is 0.713. The summed E-state index contributed by atoms with van der Waals surface area (Å²) in [6.07, 6.45) is 0. The van der Waals surface area contributed by atoms with E-state index in [9.17, 15) is 19.5 Å². The molecule has 6 heteroatoms. The maximum atomic E-state index is 12.2. The Labute approximate surface area is 105 Å². The van der Waals surface area contributed by atoms with Gasteiger partial charge >= 0.3 is 11.9 Å². The monoisotopic (exact) mass is 257 g/mol. The second-order valence-corrected chi connectivity index (χ2v) is 5.84. The molecule has 0 aromatic heterocycles. The van der Waals surface area contributed by atoms with Crippen LogP contribution in [0.2, 0.25) is 0 Å². The number of hydrogen-bond donors (Lipinski definition) is 3. The van der Waals surface area contributed by atoms with Crippen molar-refractivity contribution in [2.45, 2.75) is 40.7 Å². The summed E-state index contributed by atoms with van der Waals surface area (Å²) < 4.78 is 0. The molecule has 1 fully saturated rings. The highest BCUT2D eigenvalue weighted by Gasteiger charge is 2.85. The van der Waals surface area contributed by atoms with Gasteiger partial charge in [0.15, 0.2) is 5.41 Å². The molecule has 1 aliphatic carbocycles. The van der Waals surface area contributed by atoms with Crippen LogP contribution in [0.25, 0.3) is 0 Å². The number of carbonyl (C=O) groups is 3. The lowest BCUT2D eigenvalue weighted by Gasteiger charge is -2.18. The summed E-state index contributed by atoms with van der Waals surface area (Å²) in [5.41, 5.74) is -3.04. The molecular weight excluding hydrogens is 238 g/mol. The summed E-state index contributed by atoms with van der Waals surface area (Å²) in [5.74, 6) is -3.15. The van der Waals surface area contributed by atoms with Gasteiger partial charge in [0.25, 0.3) is 0 Å². The smallest absolute Gasteiger partial charge is 0.325 e. The minimum atomic E-state index is -1.58. The van der Waals surface area contributed by atoms with Crippen LogP contribution in [0.15, 0.2) is 0 Å². The first-order chi connectivity index (χ1) is 7.94. The number of hydrogen-bond acceptors (Lipinski definition) is 3. The van der Waals surface area contributed by atoms with Gasteiger partial charge in [-0.2, -0.15) is 0 Å². The second-order valence-electron chi connectivity index (χ2n) is 5.84. The lowest BCUT2D eigenvalue weighted by molar-refractivity contribution is -0.154. The van der Waals surface area contributed by atoms with Crippen molar-refractivity contribution < 1.29 is 24.6 Å². The first kappa shape index (κ1) is 14.5. The Balaban J connectivity index is 3.09. The normalized spacial score (nSPS) is 23.8. The van der Waals surface area contributed by atoms with Gasteiger partial charge in [-0.25, -0.2) is 0 Å². The number of carboxylic acids is 2. The van der Waals surface area contributed by atoms with Gasteiger partial charge in [-0.3, -0.25) is 14.4 Å². The van der Waals surface area contributed by atoms with Crippen LogP contribution in [-0.2, 0) is 14.4 Å². The van der Waals surface area contributed by atoms with Gasteiger partial charge in [0, 0.05) is 0 Å². The molecule has 1 rings (SSSR count). The van der Waals surface area contributed by atoms with E-state index < -0.39 is 40.1 Å². The van der Waals surface area contributed by atoms with E-state index in [2.05, 4.69) is 5.32 Å². The SMILES string of the molecule is C[C@H](NC(=O)C1(C(=O)O)C(C)(C)C1(C)C)C(=O)O. The maximum Gasteiger partial charge on any atom is 0.325 e. The zero-order chi connectivity index (χ0) is 14.5. The molecule has 3 N–H and O–H groups in total. The molecular formula is C12H19NO5. The highest BCUT2D eigenvalue weighted by molar-refractivity contribution is 6.09. The molecule has 0 aliphatic heterocycles. The van der Waals surface area contributed by atoms with Crippen molar-refractivity contribution in [3.63, 3.8) is 0 Å². The quantitative estimate of drug-likeness (QED) is 0.643. The molecule has 102 valence electrons. The van der Waals surface area contributed by atoms with Gasteiger partial charge in [-0.05, 0) is 17.8 Å². The molecule has 0 unspecified atom stereocenters. The van der Waals surface area contributed by atoms with Gasteiger partial charge in [0.2, 0.25) is 5.91 Å². The van der Waals surface area contributed by atoms with E-state index in [1.54, 1.807) is 27.7 Å². The standard InChI is InChI=1S/C12H19NO5/c1-6(7(14)15)13-8(16)12(9(17)18)10(2,3)11(12,4)5/h6H,1-5H3,(H,13,16)(H,14,15)(H,17,18)/t6-/m0/s1. The number of nitrogens with one attached hydrogen (secondary N) is 1. The Bertz CT molecular complexity index is 410. The van der Waals surface area contributed by atoms with Gasteiger partial charge in [-0.1, -0.05) is 27.7 Å². The summed E-state index contributed by atoms with van der Waals surface area (Å²) in [6, 6.07) is -1.11. The molecule has 1 aliphatic rings. The third-order valence-electron chi connectivity index (χ3n) is 4.75. The van der Waals surface area contributed by atoms with Crippen LogP contribution >= 0.6 is 0 Å². The van der Waals surface area contributed by atoms with Crippen molar-refractivity contribution >= 4 is 17.8 Å². The number of rotatable bonds is 4. The van der Waals surface area contributed by atoms with Crippen molar-refractivity contribution in [1.29, 1.82) is 0 Å². The fraction of sp³-hybridized carbons (Fsp3) is 0.750. The average Bonchev–Trinajstić information content (AvgIpc) is 2.52. The third kappa shape index (κ3) is 1.38. The van der Waals surface area contributed by atoms with E-state index in [1.165, 1.54) is 6.92 Å². The summed E-state index contributed by atoms with van der Waals surface area (Å²) in [5, 5.41) is 20.4. The van der Waals surface area contributed by atoms with Crippen LogP contribution in [0, 0.1) is 16.2 Å². The minimum Gasteiger partial charge on any atom is -0.480 e. The van der Waals surface area contributed by atoms with Crippen LogP contribution in [0.5, 0.6) is 0 Å². The minimum absolute atomic E-state index is 0.728. The highest BCUT2D eigenvalue weighted by Crippen LogP contribution is 2.77. The Morgan fingerprint density at radius 3 is 1.61 bits per heavy atom. The Morgan fingerprint density at radius 2 is 1.39 bits per heavy atom. The molecule has 1 atom stereocenters. The zero-order valence-electron chi connectivity index (χ0n) is 11.2. The van der Waals surface area contributed by atoms with E-state index in [0.717, 1.165) is 0 Å². The topological polar surface area (TPSA) is 104 Å². The van der Waals surface area contributed by atoms with E-state index >= 15 is 0 Å². The van der Waals surface area contributed by atoms with Crippen molar-refractivity contribution in [2.75, 3.05) is 0 Å². The summed E-state index contributed by atoms with van der Waals surface area (Å²) in [4.78, 5) is 34.4. The lowest BCUT2D eigenvalue weighted by Crippen LogP contribution is -2.47. The first-order valence-corrected chi connectivity index (χ1v) is 5.71. The van der Waals surface area contributed by atoms with E-state index in [0.29, 0.717) is 0 Å². The molecule has 0 saturated heterocycles. The van der Waals surface area contributed by atoms with Crippen LogP contribution < -0.4 is 5.32 Å². The molecule has 0 aromatic carbocycles. The van der Waals surface area contributed by atoms with Crippen LogP contribution in [0.3, 0.4) is 0 Å². The molecule has 0 spiro atoms. The number of carbonyl (C=O) groups excluding carboxylic acids is 1. The second kappa shape index (κ2) is 3.70. The van der Waals surface area contributed by atoms with Crippen LogP contribution in [-0.4, -0.2) is 34.1 Å². The van der Waals surface area contributed by atoms with Crippen molar-refractivity contribution in [1.82, 2.24) is 5.32 Å². The third-order valence-corrected chi connectivity index (χ3v) is 4.75. The predicted molar refractivity (Wildman–Crippen MR) is 62.9 cm³/mol. The Morgan fingerprint density at radius 1 is 1.00 bits per heavy atom. The van der Waals surface area contributed by atoms with Gasteiger partial charge in [-0.15, -0.1) is 0 Å². The molecule has 18 heavy (non-hydrogen) atoms. The molecule has 0 aromatic rings. The summed E-state index contributed by atoms with van der Waals surface area (Å²) in [7, 11) is 0. The summed E-state index contributed by atoms with van der Waals surface area (Å²) in [6.45, 7) is 8.11. The van der Waals surface area contributed by atoms with Crippen molar-refractivity contribution in [3.8, 4) is 0 Å². The molecule has 1 saturated carbocycles. The maximum absolute atomic E-state index is 12.2. The Kier molecular flexibility index (Phi) is 2.97. The van der Waals surface area contributed by atoms with Gasteiger partial charge in [0.1, 0.15) is 6.04 Å². The molecule has 0 radical (unpaired) electrons. The lowest BCUT2D eigenvalue weighted by atomic mass is 9.93.